The van der Waals surface area contributed by atoms with Gasteiger partial charge in [0.1, 0.15) is 5.69 Å². The van der Waals surface area contributed by atoms with Crippen molar-refractivity contribution in [2.24, 2.45) is 0 Å². The second-order valence-corrected chi connectivity index (χ2v) is 3.20. The minimum Gasteiger partial charge on any atom is -0.370 e. The number of nitrogens with one attached hydrogen (secondary N) is 2. The molecule has 7 heteroatoms. The lowest BCUT2D eigenvalue weighted by Crippen LogP contribution is -2.29. The summed E-state index contributed by atoms with van der Waals surface area (Å²) in [4.78, 5) is 21.0. The average molecular weight is 241 g/mol. The van der Waals surface area contributed by atoms with E-state index in [2.05, 4.69) is 10.6 Å². The molecular formula is C10H12FN3O3. The summed E-state index contributed by atoms with van der Waals surface area (Å²) in [6, 6.07) is 3.68. The number of rotatable bonds is 5. The summed E-state index contributed by atoms with van der Waals surface area (Å²) in [7, 11) is 0. The maximum absolute atomic E-state index is 13.2. The van der Waals surface area contributed by atoms with Gasteiger partial charge in [0.15, 0.2) is 0 Å². The number of anilines is 1. The van der Waals surface area contributed by atoms with Crippen molar-refractivity contribution in [3.05, 3.63) is 34.1 Å². The van der Waals surface area contributed by atoms with E-state index < -0.39 is 16.4 Å². The number of carbonyl (C=O) groups excluding carboxylic acids is 1. The number of amides is 1. The first-order valence-corrected chi connectivity index (χ1v) is 4.99. The molecule has 0 unspecified atom stereocenters. The number of benzene rings is 1. The zero-order valence-corrected chi connectivity index (χ0v) is 9.20. The van der Waals surface area contributed by atoms with E-state index in [1.54, 1.807) is 6.92 Å². The average Bonchev–Trinajstić information content (AvgIpc) is 2.26. The highest BCUT2D eigenvalue weighted by Crippen LogP contribution is 2.26. The zero-order chi connectivity index (χ0) is 12.8. The number of para-hydroxylation sites is 1. The zero-order valence-electron chi connectivity index (χ0n) is 9.20. The van der Waals surface area contributed by atoms with Crippen LogP contribution < -0.4 is 10.6 Å². The summed E-state index contributed by atoms with van der Waals surface area (Å²) in [5.74, 6) is -1.25. The molecule has 0 saturated carbocycles. The van der Waals surface area contributed by atoms with Crippen LogP contribution in [0.25, 0.3) is 0 Å². The Balaban J connectivity index is 2.81. The molecule has 0 aliphatic rings. The molecule has 6 nitrogen and oxygen atoms in total. The molecule has 1 rings (SSSR count). The lowest BCUT2D eigenvalue weighted by Gasteiger charge is -2.07. The van der Waals surface area contributed by atoms with Gasteiger partial charge in [-0.2, -0.15) is 4.39 Å². The van der Waals surface area contributed by atoms with Gasteiger partial charge in [-0.15, -0.1) is 0 Å². The largest absolute Gasteiger partial charge is 0.370 e. The second-order valence-electron chi connectivity index (χ2n) is 3.20. The van der Waals surface area contributed by atoms with Crippen LogP contribution in [0.1, 0.15) is 6.92 Å². The molecule has 0 aromatic heterocycles. The van der Waals surface area contributed by atoms with Crippen molar-refractivity contribution in [2.45, 2.75) is 6.92 Å². The van der Waals surface area contributed by atoms with Crippen molar-refractivity contribution in [3.63, 3.8) is 0 Å². The van der Waals surface area contributed by atoms with E-state index in [1.807, 2.05) is 0 Å². The van der Waals surface area contributed by atoms with Crippen LogP contribution in [-0.4, -0.2) is 23.9 Å². The Morgan fingerprint density at radius 1 is 1.53 bits per heavy atom. The highest BCUT2D eigenvalue weighted by atomic mass is 19.1. The van der Waals surface area contributed by atoms with Crippen molar-refractivity contribution >= 4 is 17.3 Å². The van der Waals surface area contributed by atoms with Crippen LogP contribution in [0.5, 0.6) is 0 Å². The minimum absolute atomic E-state index is 0.0127. The molecule has 2 N–H and O–H groups in total. The Hall–Kier alpha value is -2.18. The molecule has 0 atom stereocenters. The Morgan fingerprint density at radius 2 is 2.24 bits per heavy atom. The van der Waals surface area contributed by atoms with E-state index in [1.165, 1.54) is 12.1 Å². The summed E-state index contributed by atoms with van der Waals surface area (Å²) >= 11 is 0. The number of hydrogen-bond donors (Lipinski definition) is 2. The number of nitro benzene ring substituents is 1. The first-order valence-electron chi connectivity index (χ1n) is 4.99. The van der Waals surface area contributed by atoms with E-state index in [-0.39, 0.29) is 18.1 Å². The molecule has 0 bridgehead atoms. The molecule has 92 valence electrons. The van der Waals surface area contributed by atoms with Gasteiger partial charge in [0, 0.05) is 6.54 Å². The summed E-state index contributed by atoms with van der Waals surface area (Å²) in [6.45, 7) is 2.08. The summed E-state index contributed by atoms with van der Waals surface area (Å²) < 4.78 is 13.2. The third-order valence-electron chi connectivity index (χ3n) is 1.98. The number of likely N-dealkylation sites (N-methyl/N-ethyl adjacent to an activating group) is 1. The van der Waals surface area contributed by atoms with Crippen LogP contribution in [0.15, 0.2) is 18.2 Å². The van der Waals surface area contributed by atoms with Crippen molar-refractivity contribution in [2.75, 3.05) is 18.4 Å². The van der Waals surface area contributed by atoms with Crippen LogP contribution in [-0.2, 0) is 4.79 Å². The summed E-state index contributed by atoms with van der Waals surface area (Å²) in [6.07, 6.45) is 0. The summed E-state index contributed by atoms with van der Waals surface area (Å²) in [5, 5.41) is 15.7. The fraction of sp³-hybridized carbons (Fsp3) is 0.300. The molecule has 17 heavy (non-hydrogen) atoms. The lowest BCUT2D eigenvalue weighted by atomic mass is 10.2. The fourth-order valence-corrected chi connectivity index (χ4v) is 1.28. The Kier molecular flexibility index (Phi) is 4.38. The van der Waals surface area contributed by atoms with Crippen molar-refractivity contribution < 1.29 is 14.1 Å². The van der Waals surface area contributed by atoms with Crippen LogP contribution in [0.3, 0.4) is 0 Å². The van der Waals surface area contributed by atoms with Gasteiger partial charge in [-0.25, -0.2) is 0 Å². The number of halogens is 1. The van der Waals surface area contributed by atoms with Crippen molar-refractivity contribution in [1.82, 2.24) is 5.32 Å². The molecule has 0 radical (unpaired) electrons. The van der Waals surface area contributed by atoms with Crippen LogP contribution in [0.4, 0.5) is 15.8 Å². The molecule has 0 aliphatic carbocycles. The Bertz CT molecular complexity index is 437. The number of carbonyl (C=O) groups is 1. The van der Waals surface area contributed by atoms with Gasteiger partial charge in [-0.1, -0.05) is 6.07 Å². The van der Waals surface area contributed by atoms with Crippen LogP contribution in [0.2, 0.25) is 0 Å². The van der Waals surface area contributed by atoms with Gasteiger partial charge in [0.25, 0.3) is 0 Å². The monoisotopic (exact) mass is 241 g/mol. The predicted octanol–water partition coefficient (Wildman–Crippen LogP) is 1.28. The molecule has 0 saturated heterocycles. The number of nitro groups is 1. The highest BCUT2D eigenvalue weighted by molar-refractivity contribution is 5.81. The Labute approximate surface area is 97.0 Å². The van der Waals surface area contributed by atoms with Crippen molar-refractivity contribution in [3.8, 4) is 0 Å². The maximum atomic E-state index is 13.2. The predicted molar refractivity (Wildman–Crippen MR) is 60.2 cm³/mol. The molecule has 0 fully saturated rings. The SMILES string of the molecule is CCNC(=O)CNc1cccc(F)c1[N+](=O)[O-]. The van der Waals surface area contributed by atoms with Gasteiger partial charge in [-0.3, -0.25) is 14.9 Å². The van der Waals surface area contributed by atoms with Gasteiger partial charge in [0.2, 0.25) is 11.7 Å². The molecule has 1 amide bonds. The third-order valence-corrected chi connectivity index (χ3v) is 1.98. The highest BCUT2D eigenvalue weighted by Gasteiger charge is 2.19. The Morgan fingerprint density at radius 3 is 2.82 bits per heavy atom. The van der Waals surface area contributed by atoms with E-state index >= 15 is 0 Å². The number of hydrogen-bond acceptors (Lipinski definition) is 4. The topological polar surface area (TPSA) is 84.3 Å². The van der Waals surface area contributed by atoms with E-state index in [9.17, 15) is 19.3 Å². The smallest absolute Gasteiger partial charge is 0.327 e. The fourth-order valence-electron chi connectivity index (χ4n) is 1.28. The van der Waals surface area contributed by atoms with E-state index in [0.29, 0.717) is 6.54 Å². The van der Waals surface area contributed by atoms with Crippen LogP contribution in [0, 0.1) is 15.9 Å². The standard InChI is InChI=1S/C10H12FN3O3/c1-2-12-9(15)6-13-8-5-3-4-7(11)10(8)14(16)17/h3-5,13H,2,6H2,1H3,(H,12,15). The van der Waals surface area contributed by atoms with Gasteiger partial charge in [-0.05, 0) is 19.1 Å². The molecule has 0 spiro atoms. The third kappa shape index (κ3) is 3.40. The number of nitrogens with zero attached hydrogens (tertiary/aromatic N) is 1. The lowest BCUT2D eigenvalue weighted by molar-refractivity contribution is -0.386. The van der Waals surface area contributed by atoms with Gasteiger partial charge < -0.3 is 10.6 Å². The van der Waals surface area contributed by atoms with Gasteiger partial charge in [0.05, 0.1) is 11.5 Å². The van der Waals surface area contributed by atoms with Crippen molar-refractivity contribution in [1.29, 1.82) is 0 Å². The molecular weight excluding hydrogens is 229 g/mol. The molecule has 1 aromatic carbocycles. The first-order chi connectivity index (χ1) is 8.06. The molecule has 0 aliphatic heterocycles. The molecule has 1 aromatic rings. The van der Waals surface area contributed by atoms with E-state index in [0.717, 1.165) is 6.07 Å². The molecule has 0 heterocycles. The maximum Gasteiger partial charge on any atom is 0.327 e. The van der Waals surface area contributed by atoms with E-state index in [4.69, 9.17) is 0 Å². The normalized spacial score (nSPS) is 9.76. The second kappa shape index (κ2) is 5.78. The minimum atomic E-state index is -0.934. The quantitative estimate of drug-likeness (QED) is 0.600. The first kappa shape index (κ1) is 12.9. The van der Waals surface area contributed by atoms with Gasteiger partial charge >= 0.3 is 5.69 Å². The van der Waals surface area contributed by atoms with Crippen LogP contribution >= 0.6 is 0 Å². The summed E-state index contributed by atoms with van der Waals surface area (Å²) in [5.41, 5.74) is -0.668.